The van der Waals surface area contributed by atoms with Crippen molar-refractivity contribution in [2.45, 2.75) is 350 Å². The quantitative estimate of drug-likeness (QED) is 0.0145. The molecular weight excluding hydrogens is 1520 g/mol. The Hall–Kier alpha value is -9.03. The molecule has 123 heavy (non-hydrogen) atoms. The molecule has 0 bridgehead atoms. The summed E-state index contributed by atoms with van der Waals surface area (Å²) in [6.07, 6.45) is 76.1. The number of nitrogens with one attached hydrogen (secondary N) is 3. The van der Waals surface area contributed by atoms with Crippen molar-refractivity contribution in [1.29, 1.82) is 0 Å². The second-order valence-corrected chi connectivity index (χ2v) is 34.0. The van der Waals surface area contributed by atoms with Gasteiger partial charge in [-0.15, -0.1) is 0 Å². The number of benzene rings is 6. The maximum atomic E-state index is 14.7. The number of allylic oxidation sites excluding steroid dienone is 3. The Morgan fingerprint density at radius 2 is 0.358 bits per heavy atom. The summed E-state index contributed by atoms with van der Waals surface area (Å²) in [4.78, 5) is 44.0. The Morgan fingerprint density at radius 3 is 0.553 bits per heavy atom. The molecular formula is C111H159N3O9. The van der Waals surface area contributed by atoms with E-state index in [1.807, 2.05) is 91.0 Å². The first kappa shape index (κ1) is 101. The topological polar surface area (TPSA) is 143 Å². The number of hydrogen-bond acceptors (Lipinski definition) is 12. The van der Waals surface area contributed by atoms with Gasteiger partial charge in [0.25, 0.3) is 0 Å². The number of anilines is 3. The zero-order chi connectivity index (χ0) is 86.9. The summed E-state index contributed by atoms with van der Waals surface area (Å²) in [5, 5.41) is 9.68. The van der Waals surface area contributed by atoms with Crippen LogP contribution in [-0.2, 0) is 14.4 Å². The lowest BCUT2D eigenvalue weighted by Gasteiger charge is -2.18. The first-order chi connectivity index (χ1) is 60.6. The number of ether oxygens (including phenoxy) is 6. The van der Waals surface area contributed by atoms with Crippen LogP contribution < -0.4 is 44.4 Å². The van der Waals surface area contributed by atoms with Gasteiger partial charge in [-0.3, -0.25) is 14.4 Å². The highest BCUT2D eigenvalue weighted by molar-refractivity contribution is 6.51. The molecule has 12 heteroatoms. The summed E-state index contributed by atoms with van der Waals surface area (Å²) in [5.41, 5.74) is 7.26. The van der Waals surface area contributed by atoms with Gasteiger partial charge in [0.05, 0.1) is 56.4 Å². The van der Waals surface area contributed by atoms with Crippen LogP contribution in [0.25, 0.3) is 36.5 Å². The summed E-state index contributed by atoms with van der Waals surface area (Å²) < 4.78 is 38.5. The second kappa shape index (κ2) is 65.6. The molecule has 1 aliphatic carbocycles. The van der Waals surface area contributed by atoms with E-state index in [0.717, 1.165) is 126 Å². The number of Topliss-reactive ketones (excluding diaryl/α,β-unsaturated/α-hetero) is 3. The van der Waals surface area contributed by atoms with E-state index in [-0.39, 0.29) is 16.7 Å². The monoisotopic (exact) mass is 1680 g/mol. The largest absolute Gasteiger partial charge is 0.490 e. The molecule has 0 heterocycles. The van der Waals surface area contributed by atoms with Gasteiger partial charge in [0.1, 0.15) is 0 Å². The van der Waals surface area contributed by atoms with Crippen molar-refractivity contribution >= 4 is 70.9 Å². The summed E-state index contributed by atoms with van der Waals surface area (Å²) in [5.74, 6) is 2.58. The van der Waals surface area contributed by atoms with Gasteiger partial charge in [-0.25, -0.2) is 0 Å². The smallest absolute Gasteiger partial charge is 0.203 e. The van der Waals surface area contributed by atoms with E-state index in [4.69, 9.17) is 28.4 Å². The molecule has 1 saturated carbocycles. The fourth-order valence-electron chi connectivity index (χ4n) is 15.3. The normalized spacial score (nSPS) is 12.3. The molecule has 1 aliphatic rings. The number of hydrogen-bond donors (Lipinski definition) is 3. The first-order valence-corrected chi connectivity index (χ1v) is 49.2. The molecule has 0 atom stereocenters. The van der Waals surface area contributed by atoms with Crippen molar-refractivity contribution in [2.75, 3.05) is 55.6 Å². The highest BCUT2D eigenvalue weighted by Crippen LogP contribution is 2.35. The third kappa shape index (κ3) is 43.0. The van der Waals surface area contributed by atoms with Crippen molar-refractivity contribution in [2.24, 2.45) is 0 Å². The van der Waals surface area contributed by atoms with Gasteiger partial charge in [0.2, 0.25) is 17.3 Å². The van der Waals surface area contributed by atoms with Crippen LogP contribution in [-0.4, -0.2) is 57.0 Å². The maximum Gasteiger partial charge on any atom is 0.203 e. The van der Waals surface area contributed by atoms with E-state index in [0.29, 0.717) is 56.7 Å². The van der Waals surface area contributed by atoms with Crippen molar-refractivity contribution < 1.29 is 42.8 Å². The molecule has 12 nitrogen and oxygen atoms in total. The van der Waals surface area contributed by atoms with Gasteiger partial charge in [-0.1, -0.05) is 402 Å². The van der Waals surface area contributed by atoms with Crippen molar-refractivity contribution in [3.8, 4) is 34.5 Å². The molecule has 3 N–H and O–H groups in total. The van der Waals surface area contributed by atoms with E-state index < -0.39 is 17.3 Å². The third-order valence-electron chi connectivity index (χ3n) is 23.2. The summed E-state index contributed by atoms with van der Waals surface area (Å²) in [6, 6.07) is 41.8. The Kier molecular flexibility index (Phi) is 53.9. The summed E-state index contributed by atoms with van der Waals surface area (Å²) in [7, 11) is 0. The molecule has 0 spiro atoms. The minimum atomic E-state index is -0.697. The Labute approximate surface area is 745 Å². The zero-order valence-electron chi connectivity index (χ0n) is 77.2. The fraction of sp³-hybridized carbons (Fsp3) is 0.541. The first-order valence-electron chi connectivity index (χ1n) is 49.2. The van der Waals surface area contributed by atoms with E-state index in [1.54, 1.807) is 0 Å². The highest BCUT2D eigenvalue weighted by Gasteiger charge is 2.39. The van der Waals surface area contributed by atoms with E-state index >= 15 is 0 Å². The fourth-order valence-corrected chi connectivity index (χ4v) is 15.3. The molecule has 6 aromatic carbocycles. The van der Waals surface area contributed by atoms with E-state index in [9.17, 15) is 14.4 Å². The lowest BCUT2D eigenvalue weighted by molar-refractivity contribution is -0.124. The lowest BCUT2D eigenvalue weighted by Crippen LogP contribution is -2.33. The van der Waals surface area contributed by atoms with Gasteiger partial charge >= 0.3 is 0 Å². The maximum absolute atomic E-state index is 14.7. The molecule has 0 aliphatic heterocycles. The molecule has 7 rings (SSSR count). The minimum Gasteiger partial charge on any atom is -0.490 e. The van der Waals surface area contributed by atoms with Crippen LogP contribution in [0.3, 0.4) is 0 Å². The molecule has 672 valence electrons. The van der Waals surface area contributed by atoms with Crippen molar-refractivity contribution in [1.82, 2.24) is 0 Å². The van der Waals surface area contributed by atoms with Crippen LogP contribution in [0, 0.1) is 0 Å². The van der Waals surface area contributed by atoms with Gasteiger partial charge in [-0.2, -0.15) is 0 Å². The van der Waals surface area contributed by atoms with Crippen molar-refractivity contribution in [3.05, 3.63) is 196 Å². The Morgan fingerprint density at radius 1 is 0.195 bits per heavy atom. The van der Waals surface area contributed by atoms with Crippen LogP contribution in [0.5, 0.6) is 34.5 Å². The average Bonchev–Trinajstić information content (AvgIpc) is 0.781. The Balaban J connectivity index is 1.06. The zero-order valence-corrected chi connectivity index (χ0v) is 77.2. The van der Waals surface area contributed by atoms with Gasteiger partial charge in [-0.05, 0) is 145 Å². The van der Waals surface area contributed by atoms with E-state index in [1.165, 1.54) is 269 Å². The van der Waals surface area contributed by atoms with Crippen LogP contribution in [0.1, 0.15) is 383 Å². The summed E-state index contributed by atoms with van der Waals surface area (Å²) in [6.45, 7) is 17.5. The van der Waals surface area contributed by atoms with Crippen LogP contribution >= 0.6 is 0 Å². The molecule has 0 aromatic heterocycles. The third-order valence-corrected chi connectivity index (χ3v) is 23.2. The molecule has 0 radical (unpaired) electrons. The standard InChI is InChI=1S/C111H159N3O9/c1-7-13-19-25-31-37-43-49-79-118-103-76-67-94(85-106(103)121-82-52-46-40-34-28-22-16-10-4)58-55-91-61-70-97(71-62-91)112-88-100-109(115)101(89-113-98-72-63-92(64-73-98)56-59-95-68-77-104(119-80-50-44-38-32-26-20-14-8-2)107(86-95)122-83-53-47-41-35-29-23-17-11-5)111(117)102(110(100)116)90-114-99-74-65-93(66-75-99)57-60-96-69-78-105(120-81-51-45-39-33-27-21-15-9-3)108(87-96)123-84-54-48-42-36-30-24-18-12-6/h55-78,85-90,112-114H,7-54,79-84H2,1-6H3/b58-55+,59-56+,60-57+,100-88?,101-89?,102-90?. The molecule has 0 amide bonds. The van der Waals surface area contributed by atoms with Crippen LogP contribution in [0.15, 0.2) is 163 Å². The molecule has 1 fully saturated rings. The van der Waals surface area contributed by atoms with Gasteiger partial charge in [0.15, 0.2) is 34.5 Å². The van der Waals surface area contributed by atoms with Crippen LogP contribution in [0.4, 0.5) is 17.1 Å². The predicted molar refractivity (Wildman–Crippen MR) is 524 cm³/mol. The highest BCUT2D eigenvalue weighted by atomic mass is 16.5. The van der Waals surface area contributed by atoms with Gasteiger partial charge < -0.3 is 44.4 Å². The summed E-state index contributed by atoms with van der Waals surface area (Å²) >= 11 is 0. The van der Waals surface area contributed by atoms with Gasteiger partial charge in [0, 0.05) is 35.7 Å². The molecule has 0 unspecified atom stereocenters. The SMILES string of the molecule is CCCCCCCCCCOc1ccc(/C=C/c2ccc(NC=C3C(=O)C(=CNc4ccc(/C=C/c5ccc(OCCCCCCCCCC)c(OCCCCCCCCCC)c5)cc4)C(=O)C(=CNc4ccc(/C=C/c5ccc(OCCCCCCCCCC)c(OCCCCCCCCCC)c5)cc4)C3=O)cc2)cc1OCCCCCCCCCC. The minimum absolute atomic E-state index is 0.180. The van der Waals surface area contributed by atoms with E-state index in [2.05, 4.69) is 130 Å². The number of unbranched alkanes of at least 4 members (excludes halogenated alkanes) is 42. The molecule has 0 saturated heterocycles. The number of carbonyl (C=O) groups excluding carboxylic acids is 3. The average molecular weight is 1680 g/mol. The number of ketones is 3. The second-order valence-electron chi connectivity index (χ2n) is 34.0. The Bertz CT molecular complexity index is 3600. The number of carbonyl (C=O) groups is 3. The van der Waals surface area contributed by atoms with Crippen LogP contribution in [0.2, 0.25) is 0 Å². The lowest BCUT2D eigenvalue weighted by atomic mass is 9.84. The van der Waals surface area contributed by atoms with Crippen molar-refractivity contribution in [3.63, 3.8) is 0 Å². The number of rotatable bonds is 72. The predicted octanol–water partition coefficient (Wildman–Crippen LogP) is 32.3. The molecule has 6 aromatic rings.